The third-order valence-corrected chi connectivity index (χ3v) is 5.24. The van der Waals surface area contributed by atoms with Crippen LogP contribution in [0.1, 0.15) is 18.1 Å². The van der Waals surface area contributed by atoms with Crippen LogP contribution in [0, 0.1) is 6.92 Å². The van der Waals surface area contributed by atoms with Crippen molar-refractivity contribution >= 4 is 16.8 Å². The molecular weight excluding hydrogens is 380 g/mol. The number of hydrogen-bond donors (Lipinski definition) is 0. The molecule has 3 rings (SSSR count). The summed E-state index contributed by atoms with van der Waals surface area (Å²) in [6, 6.07) is 9.91. The lowest BCUT2D eigenvalue weighted by Gasteiger charge is -2.19. The monoisotopic (exact) mass is 408 g/mol. The summed E-state index contributed by atoms with van der Waals surface area (Å²) in [4.78, 5) is 0. The van der Waals surface area contributed by atoms with Gasteiger partial charge in [0.1, 0.15) is 5.75 Å². The molecule has 0 N–H and O–H groups in total. The molecule has 0 aliphatic rings. The van der Waals surface area contributed by atoms with Gasteiger partial charge in [-0.05, 0) is 71.8 Å². The Balaban J connectivity index is 2.39. The van der Waals surface area contributed by atoms with Gasteiger partial charge in [-0.3, -0.25) is 0 Å². The van der Waals surface area contributed by atoms with Crippen LogP contribution in [0.4, 0.5) is 0 Å². The Labute approximate surface area is 177 Å². The highest BCUT2D eigenvalue weighted by molar-refractivity contribution is 5.99. The summed E-state index contributed by atoms with van der Waals surface area (Å²) in [6.07, 6.45) is 1.82. The van der Waals surface area contributed by atoms with E-state index in [1.54, 1.807) is 28.4 Å². The smallest absolute Gasteiger partial charge is 0.161 e. The topological polar surface area (TPSA) is 46.2 Å². The van der Waals surface area contributed by atoms with Crippen molar-refractivity contribution in [3.05, 3.63) is 48.0 Å². The maximum atomic E-state index is 6.01. The van der Waals surface area contributed by atoms with E-state index in [1.165, 1.54) is 0 Å². The first-order chi connectivity index (χ1) is 14.5. The van der Waals surface area contributed by atoms with Crippen LogP contribution in [-0.4, -0.2) is 35.0 Å². The van der Waals surface area contributed by atoms with Crippen LogP contribution in [0.25, 0.3) is 28.0 Å². The van der Waals surface area contributed by atoms with Gasteiger partial charge in [-0.25, -0.2) is 0 Å². The quantitative estimate of drug-likeness (QED) is 0.465. The molecule has 3 aromatic rings. The van der Waals surface area contributed by atoms with Gasteiger partial charge in [-0.2, -0.15) is 0 Å². The molecular formula is C25H28O5. The summed E-state index contributed by atoms with van der Waals surface area (Å²) in [5, 5.41) is 2.00. The Morgan fingerprint density at radius 2 is 1.20 bits per heavy atom. The molecule has 0 unspecified atom stereocenters. The molecule has 0 aromatic heterocycles. The highest BCUT2D eigenvalue weighted by Gasteiger charge is 2.19. The van der Waals surface area contributed by atoms with Crippen molar-refractivity contribution in [2.75, 3.05) is 35.0 Å². The number of rotatable bonds is 8. The molecule has 0 heterocycles. The van der Waals surface area contributed by atoms with Gasteiger partial charge in [-0.1, -0.05) is 12.7 Å². The van der Waals surface area contributed by atoms with E-state index in [1.807, 2.05) is 37.3 Å². The summed E-state index contributed by atoms with van der Waals surface area (Å²) in [6.45, 7) is 8.59. The Morgan fingerprint density at radius 1 is 0.700 bits per heavy atom. The van der Waals surface area contributed by atoms with Crippen molar-refractivity contribution in [3.8, 4) is 39.9 Å². The van der Waals surface area contributed by atoms with Gasteiger partial charge in [0.2, 0.25) is 0 Å². The first-order valence-electron chi connectivity index (χ1n) is 9.73. The zero-order valence-corrected chi connectivity index (χ0v) is 18.4. The van der Waals surface area contributed by atoms with Crippen molar-refractivity contribution in [1.29, 1.82) is 0 Å². The summed E-state index contributed by atoms with van der Waals surface area (Å²) in [5.41, 5.74) is 4.04. The van der Waals surface area contributed by atoms with E-state index in [2.05, 4.69) is 19.6 Å². The third kappa shape index (κ3) is 3.63. The van der Waals surface area contributed by atoms with Crippen LogP contribution in [0.2, 0.25) is 0 Å². The Kier molecular flexibility index (Phi) is 6.40. The highest BCUT2D eigenvalue weighted by Crippen LogP contribution is 2.44. The minimum Gasteiger partial charge on any atom is -0.493 e. The highest BCUT2D eigenvalue weighted by atomic mass is 16.5. The first-order valence-corrected chi connectivity index (χ1v) is 9.73. The summed E-state index contributed by atoms with van der Waals surface area (Å²) in [5.74, 6) is 3.42. The first kappa shape index (κ1) is 21.4. The number of aryl methyl sites for hydroxylation is 1. The van der Waals surface area contributed by atoms with Gasteiger partial charge in [0.05, 0.1) is 35.0 Å². The van der Waals surface area contributed by atoms with Gasteiger partial charge in [-0.15, -0.1) is 0 Å². The van der Waals surface area contributed by atoms with Crippen LogP contribution in [-0.2, 0) is 0 Å². The second kappa shape index (κ2) is 8.99. The fourth-order valence-corrected chi connectivity index (χ4v) is 3.71. The van der Waals surface area contributed by atoms with Gasteiger partial charge in [0.25, 0.3) is 0 Å². The molecule has 0 saturated carbocycles. The lowest BCUT2D eigenvalue weighted by Crippen LogP contribution is -1.99. The van der Waals surface area contributed by atoms with Crippen molar-refractivity contribution in [2.24, 2.45) is 0 Å². The second-order valence-corrected chi connectivity index (χ2v) is 6.73. The standard InChI is InChI=1S/C25H28O5/c1-8-16-10-22(26-4)24(28-6)13-19(16)17-11-21(30-9-2)20-14-25(29-7)23(27-5)12-18(20)15(17)3/h8,10-14H,1,9H2,2-7H3. The molecule has 3 aromatic carbocycles. The van der Waals surface area contributed by atoms with E-state index in [-0.39, 0.29) is 0 Å². The third-order valence-electron chi connectivity index (χ3n) is 5.24. The minimum absolute atomic E-state index is 0.548. The molecule has 0 atom stereocenters. The molecule has 5 heteroatoms. The molecule has 0 fully saturated rings. The SMILES string of the molecule is C=Cc1cc(OC)c(OC)cc1-c1cc(OCC)c2cc(OC)c(OC)cc2c1C. The Bertz CT molecular complexity index is 1090. The van der Waals surface area contributed by atoms with Gasteiger partial charge in [0.15, 0.2) is 23.0 Å². The molecule has 0 radical (unpaired) electrons. The minimum atomic E-state index is 0.548. The Morgan fingerprint density at radius 3 is 1.73 bits per heavy atom. The lowest BCUT2D eigenvalue weighted by molar-refractivity contribution is 0.343. The lowest BCUT2D eigenvalue weighted by atomic mass is 9.91. The maximum absolute atomic E-state index is 6.01. The molecule has 0 saturated heterocycles. The summed E-state index contributed by atoms with van der Waals surface area (Å²) < 4.78 is 28.0. The normalized spacial score (nSPS) is 10.6. The van der Waals surface area contributed by atoms with Gasteiger partial charge >= 0.3 is 0 Å². The van der Waals surface area contributed by atoms with E-state index in [0.29, 0.717) is 29.6 Å². The fourth-order valence-electron chi connectivity index (χ4n) is 3.71. The number of methoxy groups -OCH3 is 4. The molecule has 0 spiro atoms. The van der Waals surface area contributed by atoms with Crippen LogP contribution in [0.5, 0.6) is 28.7 Å². The zero-order chi connectivity index (χ0) is 21.8. The van der Waals surface area contributed by atoms with E-state index in [9.17, 15) is 0 Å². The number of fused-ring (bicyclic) bond motifs is 1. The van der Waals surface area contributed by atoms with Gasteiger partial charge in [0, 0.05) is 5.39 Å². The molecule has 158 valence electrons. The molecule has 5 nitrogen and oxygen atoms in total. The predicted octanol–water partition coefficient (Wildman–Crippen LogP) is 5.89. The number of benzene rings is 3. The molecule has 0 aliphatic carbocycles. The van der Waals surface area contributed by atoms with E-state index >= 15 is 0 Å². The molecule has 0 amide bonds. The molecule has 0 aliphatic heterocycles. The second-order valence-electron chi connectivity index (χ2n) is 6.73. The predicted molar refractivity (Wildman–Crippen MR) is 122 cm³/mol. The average molecular weight is 408 g/mol. The molecule has 30 heavy (non-hydrogen) atoms. The number of hydrogen-bond acceptors (Lipinski definition) is 5. The van der Waals surface area contributed by atoms with Crippen molar-refractivity contribution < 1.29 is 23.7 Å². The van der Waals surface area contributed by atoms with Crippen LogP contribution < -0.4 is 23.7 Å². The van der Waals surface area contributed by atoms with Crippen molar-refractivity contribution in [3.63, 3.8) is 0 Å². The van der Waals surface area contributed by atoms with Crippen LogP contribution >= 0.6 is 0 Å². The zero-order valence-electron chi connectivity index (χ0n) is 18.4. The van der Waals surface area contributed by atoms with Gasteiger partial charge < -0.3 is 23.7 Å². The largest absolute Gasteiger partial charge is 0.493 e. The average Bonchev–Trinajstić information content (AvgIpc) is 2.79. The summed E-state index contributed by atoms with van der Waals surface area (Å²) in [7, 11) is 6.52. The van der Waals surface area contributed by atoms with E-state index in [4.69, 9.17) is 23.7 Å². The van der Waals surface area contributed by atoms with Crippen molar-refractivity contribution in [2.45, 2.75) is 13.8 Å². The van der Waals surface area contributed by atoms with E-state index in [0.717, 1.165) is 38.8 Å². The fraction of sp³-hybridized carbons (Fsp3) is 0.280. The molecule has 0 bridgehead atoms. The van der Waals surface area contributed by atoms with Crippen molar-refractivity contribution in [1.82, 2.24) is 0 Å². The summed E-state index contributed by atoms with van der Waals surface area (Å²) >= 11 is 0. The Hall–Kier alpha value is -3.34. The van der Waals surface area contributed by atoms with E-state index < -0.39 is 0 Å². The van der Waals surface area contributed by atoms with Crippen LogP contribution in [0.15, 0.2) is 36.9 Å². The maximum Gasteiger partial charge on any atom is 0.161 e. The van der Waals surface area contributed by atoms with Crippen LogP contribution in [0.3, 0.4) is 0 Å². The number of ether oxygens (including phenoxy) is 5.